The Balaban J connectivity index is 1.62. The first kappa shape index (κ1) is 23.0. The van der Waals surface area contributed by atoms with Crippen molar-refractivity contribution >= 4 is 27.8 Å². The van der Waals surface area contributed by atoms with Gasteiger partial charge in [0.2, 0.25) is 0 Å². The highest BCUT2D eigenvalue weighted by Crippen LogP contribution is 2.47. The number of halogens is 1. The monoisotopic (exact) mass is 491 g/mol. The van der Waals surface area contributed by atoms with Gasteiger partial charge in [-0.05, 0) is 74.3 Å². The van der Waals surface area contributed by atoms with E-state index in [-0.39, 0.29) is 23.5 Å². The molecule has 1 unspecified atom stereocenters. The predicted octanol–water partition coefficient (Wildman–Crippen LogP) is 5.91. The van der Waals surface area contributed by atoms with Crippen molar-refractivity contribution in [1.82, 2.24) is 14.8 Å². The zero-order valence-electron chi connectivity index (χ0n) is 20.3. The Labute approximate surface area is 208 Å². The lowest BCUT2D eigenvalue weighted by Gasteiger charge is -2.30. The number of rotatable bonds is 5. The normalized spacial score (nSPS) is 22.8. The summed E-state index contributed by atoms with van der Waals surface area (Å²) in [5, 5.41) is 19.1. The molecule has 1 saturated carbocycles. The van der Waals surface area contributed by atoms with Crippen LogP contribution in [0.15, 0.2) is 36.5 Å². The quantitative estimate of drug-likeness (QED) is 0.362. The molecule has 3 heterocycles. The number of nitrogens with zero attached hydrogens (tertiary/aromatic N) is 2. The maximum absolute atomic E-state index is 14.4. The standard InChI is InChI=1S/C28H30FN3O4/c1-35-25-12-20(8-9-22(25)29)32-24-11-19-14-30-31-23(19)13-21(24)26(27(32)18-3-2-10-36-15-18)16-4-6-17(7-5-16)28(33)34/h8-9,11-14,16-18H,2-7,10,15H2,1H3,(H,30,31)(H,33,34). The SMILES string of the molecule is COc1cc(-n2c(C3CCCOC3)c(C3CCC(C(=O)O)CC3)c3cc4[nH]ncc4cc32)ccc1F. The van der Waals surface area contributed by atoms with Gasteiger partial charge in [0.15, 0.2) is 11.6 Å². The van der Waals surface area contributed by atoms with Crippen LogP contribution in [-0.4, -0.2) is 46.2 Å². The average Bonchev–Trinajstić information content (AvgIpc) is 3.50. The number of aliphatic carboxylic acids is 1. The van der Waals surface area contributed by atoms with E-state index in [0.717, 1.165) is 59.8 Å². The number of hydrogen-bond donors (Lipinski definition) is 2. The van der Waals surface area contributed by atoms with Crippen molar-refractivity contribution in [1.29, 1.82) is 0 Å². The summed E-state index contributed by atoms with van der Waals surface area (Å²) >= 11 is 0. The molecule has 7 nitrogen and oxygen atoms in total. The summed E-state index contributed by atoms with van der Waals surface area (Å²) in [6.45, 7) is 1.39. The number of methoxy groups -OCH3 is 1. The zero-order chi connectivity index (χ0) is 24.8. The number of aromatic amines is 1. The highest BCUT2D eigenvalue weighted by atomic mass is 19.1. The number of H-pyrrole nitrogens is 1. The molecule has 2 aromatic carbocycles. The minimum Gasteiger partial charge on any atom is -0.494 e. The van der Waals surface area contributed by atoms with Crippen LogP contribution in [0.1, 0.15) is 61.6 Å². The van der Waals surface area contributed by atoms with Crippen LogP contribution in [0.5, 0.6) is 5.75 Å². The molecule has 2 N–H and O–H groups in total. The fraction of sp³-hybridized carbons (Fsp3) is 0.429. The number of hydrogen-bond acceptors (Lipinski definition) is 4. The highest BCUT2D eigenvalue weighted by Gasteiger charge is 2.34. The summed E-state index contributed by atoms with van der Waals surface area (Å²) in [5.41, 5.74) is 5.30. The first-order valence-corrected chi connectivity index (χ1v) is 12.7. The largest absolute Gasteiger partial charge is 0.494 e. The van der Waals surface area contributed by atoms with Crippen molar-refractivity contribution in [3.63, 3.8) is 0 Å². The second-order valence-electron chi connectivity index (χ2n) is 10.1. The van der Waals surface area contributed by atoms with Crippen molar-refractivity contribution in [3.05, 3.63) is 53.6 Å². The maximum atomic E-state index is 14.4. The molecule has 2 aliphatic rings. The van der Waals surface area contributed by atoms with Crippen molar-refractivity contribution < 1.29 is 23.8 Å². The molecular formula is C28H30FN3O4. The van der Waals surface area contributed by atoms with Crippen molar-refractivity contribution in [2.24, 2.45) is 5.92 Å². The van der Waals surface area contributed by atoms with Crippen molar-refractivity contribution in [2.75, 3.05) is 20.3 Å². The molecule has 4 aromatic rings. The summed E-state index contributed by atoms with van der Waals surface area (Å²) in [5.74, 6) is -0.751. The highest BCUT2D eigenvalue weighted by molar-refractivity contribution is 5.99. The number of carboxylic acid groups (broad SMARTS) is 1. The molecule has 1 saturated heterocycles. The van der Waals surface area contributed by atoms with Crippen molar-refractivity contribution in [3.8, 4) is 11.4 Å². The summed E-state index contributed by atoms with van der Waals surface area (Å²) in [6, 6.07) is 9.32. The van der Waals surface area contributed by atoms with Gasteiger partial charge in [0.25, 0.3) is 0 Å². The number of aromatic nitrogens is 3. The Hall–Kier alpha value is -3.39. The van der Waals surface area contributed by atoms with E-state index >= 15 is 0 Å². The van der Waals surface area contributed by atoms with Gasteiger partial charge in [-0.25, -0.2) is 4.39 Å². The molecule has 1 aliphatic carbocycles. The molecule has 0 amide bonds. The second-order valence-corrected chi connectivity index (χ2v) is 10.1. The van der Waals surface area contributed by atoms with Gasteiger partial charge in [0, 0.05) is 40.7 Å². The third-order valence-corrected chi connectivity index (χ3v) is 8.03. The molecule has 0 radical (unpaired) electrons. The molecule has 0 spiro atoms. The zero-order valence-corrected chi connectivity index (χ0v) is 20.3. The van der Waals surface area contributed by atoms with Crippen LogP contribution in [0, 0.1) is 11.7 Å². The van der Waals surface area contributed by atoms with Crippen LogP contribution in [-0.2, 0) is 9.53 Å². The van der Waals surface area contributed by atoms with Crippen LogP contribution < -0.4 is 4.74 Å². The molecule has 8 heteroatoms. The van der Waals surface area contributed by atoms with Crippen LogP contribution in [0.2, 0.25) is 0 Å². The topological polar surface area (TPSA) is 89.4 Å². The van der Waals surface area contributed by atoms with Gasteiger partial charge >= 0.3 is 5.97 Å². The average molecular weight is 492 g/mol. The summed E-state index contributed by atoms with van der Waals surface area (Å²) in [4.78, 5) is 11.6. The molecule has 6 rings (SSSR count). The van der Waals surface area contributed by atoms with E-state index in [4.69, 9.17) is 9.47 Å². The molecule has 2 fully saturated rings. The molecule has 1 atom stereocenters. The number of ether oxygens (including phenoxy) is 2. The van der Waals surface area contributed by atoms with Gasteiger partial charge in [0.05, 0.1) is 36.9 Å². The summed E-state index contributed by atoms with van der Waals surface area (Å²) in [6.07, 6.45) is 6.79. The van der Waals surface area contributed by atoms with Gasteiger partial charge in [0.1, 0.15) is 0 Å². The Bertz CT molecular complexity index is 1430. The van der Waals surface area contributed by atoms with E-state index in [2.05, 4.69) is 26.9 Å². The molecule has 2 aromatic heterocycles. The van der Waals surface area contributed by atoms with E-state index in [1.54, 1.807) is 12.1 Å². The van der Waals surface area contributed by atoms with Gasteiger partial charge < -0.3 is 19.1 Å². The number of nitrogens with one attached hydrogen (secondary N) is 1. The summed E-state index contributed by atoms with van der Waals surface area (Å²) in [7, 11) is 1.48. The van der Waals surface area contributed by atoms with E-state index in [1.807, 2.05) is 6.20 Å². The predicted molar refractivity (Wildman–Crippen MR) is 135 cm³/mol. The van der Waals surface area contributed by atoms with Crippen LogP contribution >= 0.6 is 0 Å². The van der Waals surface area contributed by atoms with E-state index in [0.29, 0.717) is 19.4 Å². The summed E-state index contributed by atoms with van der Waals surface area (Å²) < 4.78 is 27.9. The minimum absolute atomic E-state index is 0.186. The molecular weight excluding hydrogens is 461 g/mol. The van der Waals surface area contributed by atoms with Gasteiger partial charge in [-0.2, -0.15) is 5.10 Å². The third kappa shape index (κ3) is 3.84. The third-order valence-electron chi connectivity index (χ3n) is 8.03. The number of fused-ring (bicyclic) bond motifs is 2. The molecule has 1 aliphatic heterocycles. The van der Waals surface area contributed by atoms with Crippen LogP contribution in [0.3, 0.4) is 0 Å². The first-order chi connectivity index (χ1) is 17.5. The fourth-order valence-electron chi connectivity index (χ4n) is 6.25. The smallest absolute Gasteiger partial charge is 0.306 e. The van der Waals surface area contributed by atoms with Crippen LogP contribution in [0.25, 0.3) is 27.5 Å². The lowest BCUT2D eigenvalue weighted by atomic mass is 9.76. The lowest BCUT2D eigenvalue weighted by Crippen LogP contribution is -2.23. The van der Waals surface area contributed by atoms with Gasteiger partial charge in [-0.15, -0.1) is 0 Å². The van der Waals surface area contributed by atoms with Gasteiger partial charge in [-0.3, -0.25) is 9.89 Å². The number of carbonyl (C=O) groups is 1. The Morgan fingerprint density at radius 3 is 2.72 bits per heavy atom. The van der Waals surface area contributed by atoms with E-state index in [1.165, 1.54) is 24.4 Å². The molecule has 36 heavy (non-hydrogen) atoms. The van der Waals surface area contributed by atoms with E-state index in [9.17, 15) is 14.3 Å². The van der Waals surface area contributed by atoms with Crippen LogP contribution in [0.4, 0.5) is 4.39 Å². The van der Waals surface area contributed by atoms with Crippen molar-refractivity contribution in [2.45, 2.75) is 50.4 Å². The van der Waals surface area contributed by atoms with E-state index < -0.39 is 11.8 Å². The van der Waals surface area contributed by atoms with Gasteiger partial charge in [-0.1, -0.05) is 0 Å². The fourth-order valence-corrected chi connectivity index (χ4v) is 6.25. The number of benzene rings is 2. The molecule has 0 bridgehead atoms. The number of carboxylic acids is 1. The first-order valence-electron chi connectivity index (χ1n) is 12.7. The maximum Gasteiger partial charge on any atom is 0.306 e. The lowest BCUT2D eigenvalue weighted by molar-refractivity contribution is -0.142. The Kier molecular flexibility index (Phi) is 5.91. The Morgan fingerprint density at radius 2 is 2.00 bits per heavy atom. The second kappa shape index (κ2) is 9.24. The Morgan fingerprint density at radius 1 is 1.17 bits per heavy atom. The minimum atomic E-state index is -0.700. The molecule has 188 valence electrons.